The Labute approximate surface area is 159 Å². The van der Waals surface area contributed by atoms with Crippen molar-refractivity contribution in [1.82, 2.24) is 20.3 Å². The van der Waals surface area contributed by atoms with Gasteiger partial charge in [-0.25, -0.2) is 9.97 Å². The molecule has 2 atom stereocenters. The second-order valence-corrected chi connectivity index (χ2v) is 8.00. The molecule has 1 saturated heterocycles. The summed E-state index contributed by atoms with van der Waals surface area (Å²) in [4.78, 5) is 12.7. The van der Waals surface area contributed by atoms with Crippen LogP contribution in [0.15, 0.2) is 41.4 Å². The summed E-state index contributed by atoms with van der Waals surface area (Å²) in [7, 11) is 0. The minimum atomic E-state index is -4.28. The second-order valence-electron chi connectivity index (χ2n) is 6.86. The summed E-state index contributed by atoms with van der Waals surface area (Å²) in [5.41, 5.74) is -1.12. The Balaban J connectivity index is 1.57. The number of aromatic nitrogens is 3. The summed E-state index contributed by atoms with van der Waals surface area (Å²) >= 11 is -0.114. The molecular formula is C19H19F3N4S. The van der Waals surface area contributed by atoms with Gasteiger partial charge in [-0.15, -0.1) is 0 Å². The van der Waals surface area contributed by atoms with Crippen LogP contribution in [-0.4, -0.2) is 33.0 Å². The quantitative estimate of drug-likeness (QED) is 0.613. The van der Waals surface area contributed by atoms with Crippen molar-refractivity contribution in [2.75, 3.05) is 6.54 Å². The zero-order valence-corrected chi connectivity index (χ0v) is 15.5. The molecular weight excluding hydrogens is 373 g/mol. The molecule has 4 nitrogen and oxygen atoms in total. The number of aromatic amines is 1. The lowest BCUT2D eigenvalue weighted by Crippen LogP contribution is -2.35. The fraction of sp³-hybridized carbons (Fsp3) is 0.368. The van der Waals surface area contributed by atoms with Crippen LogP contribution in [0.4, 0.5) is 13.2 Å². The smallest absolute Gasteiger partial charge is 0.342 e. The van der Waals surface area contributed by atoms with Gasteiger partial charge in [-0.1, -0.05) is 12.1 Å². The molecule has 1 aromatic rings. The van der Waals surface area contributed by atoms with Gasteiger partial charge in [-0.3, -0.25) is 0 Å². The molecule has 2 N–H and O–H groups in total. The van der Waals surface area contributed by atoms with Crippen LogP contribution >= 0.6 is 11.8 Å². The molecule has 2 unspecified atom stereocenters. The number of hydrogen-bond donors (Lipinski definition) is 2. The Hall–Kier alpha value is -2.06. The van der Waals surface area contributed by atoms with Crippen LogP contribution in [0.2, 0.25) is 0 Å². The minimum absolute atomic E-state index is 0.114. The molecule has 0 amide bonds. The molecule has 0 spiro atoms. The molecule has 1 fully saturated rings. The van der Waals surface area contributed by atoms with E-state index in [9.17, 15) is 13.2 Å². The number of halogens is 3. The Bertz CT molecular complexity index is 891. The van der Waals surface area contributed by atoms with Gasteiger partial charge in [0.05, 0.1) is 17.6 Å². The Morgan fingerprint density at radius 1 is 1.15 bits per heavy atom. The van der Waals surface area contributed by atoms with Crippen molar-refractivity contribution in [3.8, 4) is 22.6 Å². The van der Waals surface area contributed by atoms with Crippen LogP contribution in [0.3, 0.4) is 0 Å². The van der Waals surface area contributed by atoms with E-state index in [-0.39, 0.29) is 16.7 Å². The molecule has 142 valence electrons. The third kappa shape index (κ3) is 4.27. The fourth-order valence-electron chi connectivity index (χ4n) is 3.50. The molecule has 3 aliphatic rings. The summed E-state index contributed by atoms with van der Waals surface area (Å²) < 4.78 is 37.4. The fourth-order valence-corrected chi connectivity index (χ4v) is 4.03. The molecule has 3 heterocycles. The van der Waals surface area contributed by atoms with Crippen LogP contribution in [0.1, 0.15) is 31.5 Å². The minimum Gasteiger partial charge on any atom is -0.342 e. The first-order valence-corrected chi connectivity index (χ1v) is 9.64. The molecule has 0 aliphatic carbocycles. The molecule has 3 aliphatic heterocycles. The molecule has 0 radical (unpaired) electrons. The number of nitrogens with one attached hydrogen (secondary N) is 2. The first-order chi connectivity index (χ1) is 12.9. The van der Waals surface area contributed by atoms with Crippen molar-refractivity contribution in [2.24, 2.45) is 0 Å². The third-order valence-corrected chi connectivity index (χ3v) is 5.52. The number of piperidine rings is 1. The molecule has 8 heteroatoms. The van der Waals surface area contributed by atoms with Gasteiger partial charge >= 0.3 is 5.51 Å². The largest absolute Gasteiger partial charge is 0.446 e. The Morgan fingerprint density at radius 3 is 2.63 bits per heavy atom. The second kappa shape index (κ2) is 7.16. The predicted octanol–water partition coefficient (Wildman–Crippen LogP) is 5.04. The van der Waals surface area contributed by atoms with E-state index < -0.39 is 5.51 Å². The van der Waals surface area contributed by atoms with Gasteiger partial charge in [0.25, 0.3) is 0 Å². The van der Waals surface area contributed by atoms with Gasteiger partial charge in [0.15, 0.2) is 0 Å². The van der Waals surface area contributed by atoms with Gasteiger partial charge in [0, 0.05) is 22.4 Å². The molecule has 0 bridgehead atoms. The van der Waals surface area contributed by atoms with E-state index in [1.807, 2.05) is 6.07 Å². The van der Waals surface area contributed by atoms with Crippen molar-refractivity contribution >= 4 is 11.8 Å². The summed E-state index contributed by atoms with van der Waals surface area (Å²) in [5.74, 6) is 1.36. The lowest BCUT2D eigenvalue weighted by Gasteiger charge is -2.27. The standard InChI is InChI=1S/C19H19F3N4S/c1-11-8-13(6-7-23-11)18-24-10-17-16(26-18)9-15(25-17)12-2-4-14(5-3-12)27-19(20,21)22/h2-5,9-11,13,23H,6-8H2,1H3,(H,24,26). The van der Waals surface area contributed by atoms with Crippen LogP contribution in [0.25, 0.3) is 22.6 Å². The van der Waals surface area contributed by atoms with E-state index in [2.05, 4.69) is 27.2 Å². The average molecular weight is 392 g/mol. The number of H-pyrrole nitrogens is 1. The topological polar surface area (TPSA) is 53.6 Å². The van der Waals surface area contributed by atoms with Gasteiger partial charge in [-0.05, 0) is 56.3 Å². The number of hydrogen-bond acceptors (Lipinski definition) is 4. The average Bonchev–Trinajstić information content (AvgIpc) is 3.04. The highest BCUT2D eigenvalue weighted by Crippen LogP contribution is 2.38. The van der Waals surface area contributed by atoms with Crippen LogP contribution in [-0.2, 0) is 0 Å². The molecule has 0 saturated carbocycles. The SMILES string of the molecule is CC1CC(c2ncc3nc(-c4ccc(SC(F)(F)F)cc4)cc-3[nH]2)CCN1. The van der Waals surface area contributed by atoms with Gasteiger partial charge in [0.2, 0.25) is 0 Å². The Kier molecular flexibility index (Phi) is 4.86. The maximum atomic E-state index is 12.5. The van der Waals surface area contributed by atoms with Crippen molar-refractivity contribution in [2.45, 2.75) is 42.1 Å². The number of nitrogens with zero attached hydrogens (tertiary/aromatic N) is 2. The maximum absolute atomic E-state index is 12.5. The van der Waals surface area contributed by atoms with Crippen molar-refractivity contribution in [3.05, 3.63) is 42.4 Å². The van der Waals surface area contributed by atoms with E-state index in [0.29, 0.717) is 12.0 Å². The third-order valence-electron chi connectivity index (χ3n) is 4.78. The van der Waals surface area contributed by atoms with Crippen LogP contribution in [0, 0.1) is 0 Å². The zero-order chi connectivity index (χ0) is 19.0. The normalized spacial score (nSPS) is 20.9. The van der Waals surface area contributed by atoms with E-state index >= 15 is 0 Å². The van der Waals surface area contributed by atoms with E-state index in [0.717, 1.165) is 47.9 Å². The van der Waals surface area contributed by atoms with Crippen LogP contribution < -0.4 is 5.32 Å². The highest BCUT2D eigenvalue weighted by atomic mass is 32.2. The molecule has 4 rings (SSSR count). The number of thioether (sulfide) groups is 1. The maximum Gasteiger partial charge on any atom is 0.446 e. The Morgan fingerprint density at radius 2 is 1.93 bits per heavy atom. The lowest BCUT2D eigenvalue weighted by atomic mass is 9.92. The monoisotopic (exact) mass is 392 g/mol. The first-order valence-electron chi connectivity index (χ1n) is 8.82. The number of fused-ring (bicyclic) bond motifs is 1. The molecule has 0 aromatic heterocycles. The highest BCUT2D eigenvalue weighted by Gasteiger charge is 2.29. The van der Waals surface area contributed by atoms with E-state index in [4.69, 9.17) is 0 Å². The van der Waals surface area contributed by atoms with Gasteiger partial charge in [0.1, 0.15) is 11.5 Å². The summed E-state index contributed by atoms with van der Waals surface area (Å²) in [6.07, 6.45) is 3.85. The summed E-state index contributed by atoms with van der Waals surface area (Å²) in [6, 6.07) is 8.66. The van der Waals surface area contributed by atoms with Gasteiger partial charge < -0.3 is 10.3 Å². The van der Waals surface area contributed by atoms with E-state index in [1.54, 1.807) is 18.3 Å². The van der Waals surface area contributed by atoms with Crippen LogP contribution in [0.5, 0.6) is 0 Å². The van der Waals surface area contributed by atoms with Gasteiger partial charge in [-0.2, -0.15) is 13.2 Å². The predicted molar refractivity (Wildman–Crippen MR) is 99.8 cm³/mol. The summed E-state index contributed by atoms with van der Waals surface area (Å²) in [6.45, 7) is 3.15. The van der Waals surface area contributed by atoms with Crippen molar-refractivity contribution in [1.29, 1.82) is 0 Å². The molecule has 1 aromatic carbocycles. The van der Waals surface area contributed by atoms with Crippen molar-refractivity contribution in [3.63, 3.8) is 0 Å². The lowest BCUT2D eigenvalue weighted by molar-refractivity contribution is -0.0328. The number of alkyl halides is 3. The number of rotatable bonds is 3. The zero-order valence-electron chi connectivity index (χ0n) is 14.7. The summed E-state index contributed by atoms with van der Waals surface area (Å²) in [5, 5.41) is 3.44. The number of benzene rings is 1. The van der Waals surface area contributed by atoms with E-state index in [1.165, 1.54) is 12.1 Å². The van der Waals surface area contributed by atoms with Crippen molar-refractivity contribution < 1.29 is 13.2 Å². The highest BCUT2D eigenvalue weighted by molar-refractivity contribution is 8.00. The molecule has 27 heavy (non-hydrogen) atoms. The first kappa shape index (κ1) is 18.3.